The van der Waals surface area contributed by atoms with Gasteiger partial charge in [-0.2, -0.15) is 24.3 Å². The Morgan fingerprint density at radius 1 is 0.621 bits per heavy atom. The predicted octanol–water partition coefficient (Wildman–Crippen LogP) is 6.92. The Hall–Kier alpha value is -2.17. The molecule has 0 saturated heterocycles. The van der Waals surface area contributed by atoms with Gasteiger partial charge in [0.05, 0.1) is 0 Å². The van der Waals surface area contributed by atoms with Crippen molar-refractivity contribution in [2.24, 2.45) is 0 Å². The summed E-state index contributed by atoms with van der Waals surface area (Å²) in [4.78, 5) is 0. The van der Waals surface area contributed by atoms with Crippen molar-refractivity contribution in [2.45, 2.75) is 26.7 Å². The van der Waals surface area contributed by atoms with Crippen molar-refractivity contribution in [1.82, 2.24) is 0 Å². The average Bonchev–Trinajstić information content (AvgIpc) is 3.30. The summed E-state index contributed by atoms with van der Waals surface area (Å²) in [7, 11) is 0. The zero-order valence-corrected chi connectivity index (χ0v) is 17.8. The van der Waals surface area contributed by atoms with Gasteiger partial charge in [0.2, 0.25) is 0 Å². The zero-order chi connectivity index (χ0) is 20.8. The normalized spacial score (nSPS) is 12.8. The van der Waals surface area contributed by atoms with Crippen molar-refractivity contribution in [1.29, 1.82) is 0 Å². The van der Waals surface area contributed by atoms with Crippen molar-refractivity contribution in [3.05, 3.63) is 119 Å². The molecule has 4 rings (SSSR count). The second-order valence-electron chi connectivity index (χ2n) is 5.63. The molecule has 2 aliphatic rings. The maximum Gasteiger partial charge on any atom is 4.00 e. The molecule has 0 nitrogen and oxygen atoms in total. The number of halogens is 4. The van der Waals surface area contributed by atoms with E-state index in [1.807, 2.05) is 12.1 Å². The third kappa shape index (κ3) is 14.5. The van der Waals surface area contributed by atoms with E-state index in [4.69, 9.17) is 0 Å². The van der Waals surface area contributed by atoms with Gasteiger partial charge in [0.25, 0.3) is 0 Å². The number of rotatable bonds is 0. The molecule has 29 heavy (non-hydrogen) atoms. The number of hydrogen-bond donors (Lipinski definition) is 0. The van der Waals surface area contributed by atoms with E-state index in [0.717, 1.165) is 37.1 Å². The van der Waals surface area contributed by atoms with E-state index in [1.54, 1.807) is 0 Å². The first kappa shape index (κ1) is 26.8. The second kappa shape index (κ2) is 15.7. The summed E-state index contributed by atoms with van der Waals surface area (Å²) in [6, 6.07) is 10.8. The molecule has 2 aliphatic carbocycles. The van der Waals surface area contributed by atoms with Crippen LogP contribution in [0, 0.1) is 47.6 Å². The Bertz CT molecular complexity index is 740. The first-order valence-electron chi connectivity index (χ1n) is 8.51. The van der Waals surface area contributed by atoms with E-state index in [9.17, 15) is 17.6 Å². The zero-order valence-electron chi connectivity index (χ0n) is 16.2. The second-order valence-corrected chi connectivity index (χ2v) is 5.63. The van der Waals surface area contributed by atoms with Gasteiger partial charge in [-0.3, -0.25) is 12.2 Å². The summed E-state index contributed by atoms with van der Waals surface area (Å²) in [6.45, 7) is 4.12. The summed E-state index contributed by atoms with van der Waals surface area (Å²) in [5, 5.41) is 0. The van der Waals surface area contributed by atoms with E-state index in [1.165, 1.54) is 23.3 Å². The van der Waals surface area contributed by atoms with Gasteiger partial charge in [-0.25, -0.2) is 40.9 Å². The van der Waals surface area contributed by atoms with Crippen LogP contribution >= 0.6 is 0 Å². The fourth-order valence-electron chi connectivity index (χ4n) is 1.86. The van der Waals surface area contributed by atoms with Crippen LogP contribution < -0.4 is 0 Å². The summed E-state index contributed by atoms with van der Waals surface area (Å²) in [5.74, 6) is -2.65. The van der Waals surface area contributed by atoms with Gasteiger partial charge in [-0.1, -0.05) is 13.8 Å². The first-order chi connectivity index (χ1) is 13.4. The predicted molar refractivity (Wildman–Crippen MR) is 103 cm³/mol. The molecule has 5 heteroatoms. The maximum atomic E-state index is 11.9. The van der Waals surface area contributed by atoms with Crippen molar-refractivity contribution < 1.29 is 39.3 Å². The number of hydrogen-bond acceptors (Lipinski definition) is 0. The van der Waals surface area contributed by atoms with E-state index < -0.39 is 23.3 Å². The Kier molecular flexibility index (Phi) is 14.5. The Morgan fingerprint density at radius 3 is 1.03 bits per heavy atom. The van der Waals surface area contributed by atoms with Crippen molar-refractivity contribution in [2.75, 3.05) is 0 Å². The van der Waals surface area contributed by atoms with Crippen LogP contribution in [-0.4, -0.2) is 0 Å². The fourth-order valence-corrected chi connectivity index (χ4v) is 1.86. The topological polar surface area (TPSA) is 0 Å². The molecule has 0 N–H and O–H groups in total. The maximum absolute atomic E-state index is 11.9. The molecule has 0 bridgehead atoms. The monoisotopic (exact) mass is 432 g/mol. The molecule has 148 valence electrons. The minimum absolute atomic E-state index is 0. The van der Waals surface area contributed by atoms with Crippen LogP contribution in [0.5, 0.6) is 0 Å². The molecule has 0 fully saturated rings. The van der Waals surface area contributed by atoms with Gasteiger partial charge >= 0.3 is 21.7 Å². The minimum Gasteiger partial charge on any atom is -0.270 e. The van der Waals surface area contributed by atoms with Crippen molar-refractivity contribution >= 4 is 0 Å². The fraction of sp³-hybridized carbons (Fsp3) is 0.167. The van der Waals surface area contributed by atoms with E-state index in [2.05, 4.69) is 50.3 Å². The molecule has 0 heterocycles. The molecule has 0 atom stereocenters. The Morgan fingerprint density at radius 2 is 0.931 bits per heavy atom. The molecule has 0 spiro atoms. The third-order valence-electron chi connectivity index (χ3n) is 3.18. The molecule has 2 aromatic rings. The molecule has 0 aliphatic heterocycles. The van der Waals surface area contributed by atoms with Gasteiger partial charge in [-0.15, -0.1) is 49.2 Å². The van der Waals surface area contributed by atoms with Crippen molar-refractivity contribution in [3.8, 4) is 0 Å². The summed E-state index contributed by atoms with van der Waals surface area (Å²) < 4.78 is 47.5. The Labute approximate surface area is 185 Å². The molecule has 0 unspecified atom stereocenters. The van der Waals surface area contributed by atoms with Crippen LogP contribution in [0.1, 0.15) is 26.7 Å². The van der Waals surface area contributed by atoms with Gasteiger partial charge in [-0.05, 0) is 0 Å². The SMILES string of the molecule is CC1=[C-]CC=C1.CC1=[C-]CC=C1.Fc1[c-]c(F)ccc1.Fc1[c-]c(F)ccc1.[Ti+4]. The molecule has 0 saturated carbocycles. The molecule has 0 radical (unpaired) electrons. The van der Waals surface area contributed by atoms with Crippen LogP contribution in [0.25, 0.3) is 0 Å². The van der Waals surface area contributed by atoms with Crippen LogP contribution in [0.2, 0.25) is 0 Å². The third-order valence-corrected chi connectivity index (χ3v) is 3.18. The molecular formula is C24H20F4Ti. The van der Waals surface area contributed by atoms with Gasteiger partial charge in [0.15, 0.2) is 0 Å². The van der Waals surface area contributed by atoms with Crippen molar-refractivity contribution in [3.63, 3.8) is 0 Å². The summed E-state index contributed by atoms with van der Waals surface area (Å²) in [6.07, 6.45) is 16.7. The van der Waals surface area contributed by atoms with Crippen LogP contribution in [0.4, 0.5) is 17.6 Å². The molecule has 0 amide bonds. The average molecular weight is 432 g/mol. The van der Waals surface area contributed by atoms with Gasteiger partial charge in [0.1, 0.15) is 0 Å². The largest absolute Gasteiger partial charge is 4.00 e. The minimum atomic E-state index is -0.662. The first-order valence-corrected chi connectivity index (χ1v) is 8.51. The molecule has 2 aromatic carbocycles. The quantitative estimate of drug-likeness (QED) is 0.241. The molecule has 0 aromatic heterocycles. The van der Waals surface area contributed by atoms with Crippen LogP contribution in [0.15, 0.2) is 71.8 Å². The van der Waals surface area contributed by atoms with Crippen LogP contribution in [0.3, 0.4) is 0 Å². The summed E-state index contributed by atoms with van der Waals surface area (Å²) in [5.41, 5.74) is 2.55. The smallest absolute Gasteiger partial charge is 0.270 e. The van der Waals surface area contributed by atoms with Gasteiger partial charge < -0.3 is 0 Å². The number of benzene rings is 2. The Balaban J connectivity index is 0.000000359. The van der Waals surface area contributed by atoms with Crippen LogP contribution in [-0.2, 0) is 21.7 Å². The number of allylic oxidation sites excluding steroid dienone is 8. The molecular weight excluding hydrogens is 412 g/mol. The van der Waals surface area contributed by atoms with Gasteiger partial charge in [0, 0.05) is 23.3 Å². The van der Waals surface area contributed by atoms with E-state index >= 15 is 0 Å². The summed E-state index contributed by atoms with van der Waals surface area (Å²) >= 11 is 0. The van der Waals surface area contributed by atoms with E-state index in [-0.39, 0.29) is 21.7 Å². The standard InChI is InChI=1S/2C6H3F2.2C6H7.Ti/c2*7-5-2-1-3-6(8)4-5;2*1-6-4-2-3-5-6;/h2*1-3H;2*2,4H,3H2,1H3;/q4*-1;+4. The van der Waals surface area contributed by atoms with E-state index in [0.29, 0.717) is 0 Å².